The zero-order valence-electron chi connectivity index (χ0n) is 15.2. The SMILES string of the molecule is Cc1cc(C)cc(C(=O)OCC(=O)Nc2nc3c(C)cc(C)cc3s2)c1. The first-order valence-electron chi connectivity index (χ1n) is 8.25. The van der Waals surface area contributed by atoms with Gasteiger partial charge in [0, 0.05) is 0 Å². The van der Waals surface area contributed by atoms with Crippen LogP contribution in [-0.2, 0) is 9.53 Å². The third-order valence-corrected chi connectivity index (χ3v) is 4.79. The van der Waals surface area contributed by atoms with Crippen molar-refractivity contribution in [3.63, 3.8) is 0 Å². The maximum absolute atomic E-state index is 12.1. The first-order chi connectivity index (χ1) is 12.3. The van der Waals surface area contributed by atoms with Crippen molar-refractivity contribution in [2.75, 3.05) is 11.9 Å². The number of benzene rings is 2. The quantitative estimate of drug-likeness (QED) is 0.696. The molecule has 0 bridgehead atoms. The molecule has 2 aromatic carbocycles. The second-order valence-corrected chi connectivity index (χ2v) is 7.48. The van der Waals surface area contributed by atoms with E-state index in [0.717, 1.165) is 32.5 Å². The molecule has 26 heavy (non-hydrogen) atoms. The number of nitrogens with zero attached hydrogens (tertiary/aromatic N) is 1. The minimum atomic E-state index is -0.511. The van der Waals surface area contributed by atoms with Crippen LogP contribution in [-0.4, -0.2) is 23.5 Å². The third-order valence-electron chi connectivity index (χ3n) is 3.87. The maximum atomic E-state index is 12.1. The van der Waals surface area contributed by atoms with Crippen LogP contribution in [0.3, 0.4) is 0 Å². The maximum Gasteiger partial charge on any atom is 0.338 e. The van der Waals surface area contributed by atoms with Crippen LogP contribution in [0, 0.1) is 27.7 Å². The number of esters is 1. The Balaban J connectivity index is 1.64. The van der Waals surface area contributed by atoms with Crippen molar-refractivity contribution >= 4 is 38.6 Å². The Labute approximate surface area is 156 Å². The largest absolute Gasteiger partial charge is 0.452 e. The average Bonchev–Trinajstić information content (AvgIpc) is 2.94. The van der Waals surface area contributed by atoms with Crippen LogP contribution < -0.4 is 5.32 Å². The third kappa shape index (κ3) is 4.08. The van der Waals surface area contributed by atoms with Crippen molar-refractivity contribution in [2.45, 2.75) is 27.7 Å². The van der Waals surface area contributed by atoms with E-state index in [9.17, 15) is 9.59 Å². The number of carbonyl (C=O) groups is 2. The number of thiazole rings is 1. The second kappa shape index (κ2) is 7.25. The van der Waals surface area contributed by atoms with E-state index in [2.05, 4.69) is 16.4 Å². The van der Waals surface area contributed by atoms with Gasteiger partial charge >= 0.3 is 5.97 Å². The molecular formula is C20H20N2O3S. The highest BCUT2D eigenvalue weighted by molar-refractivity contribution is 7.22. The van der Waals surface area contributed by atoms with Crippen LogP contribution >= 0.6 is 11.3 Å². The summed E-state index contributed by atoms with van der Waals surface area (Å²) < 4.78 is 6.13. The predicted molar refractivity (Wildman–Crippen MR) is 104 cm³/mol. The first-order valence-corrected chi connectivity index (χ1v) is 9.06. The van der Waals surface area contributed by atoms with Gasteiger partial charge in [0.25, 0.3) is 5.91 Å². The van der Waals surface area contributed by atoms with Gasteiger partial charge in [-0.2, -0.15) is 0 Å². The fourth-order valence-electron chi connectivity index (χ4n) is 2.89. The Morgan fingerprint density at radius 1 is 1.00 bits per heavy atom. The Hall–Kier alpha value is -2.73. The van der Waals surface area contributed by atoms with E-state index in [0.29, 0.717) is 10.7 Å². The number of carbonyl (C=O) groups excluding carboxylic acids is 2. The van der Waals surface area contributed by atoms with Crippen LogP contribution in [0.2, 0.25) is 0 Å². The molecule has 0 aliphatic heterocycles. The Morgan fingerprint density at radius 3 is 2.35 bits per heavy atom. The van der Waals surface area contributed by atoms with Crippen molar-refractivity contribution in [1.82, 2.24) is 4.98 Å². The molecule has 134 valence electrons. The molecule has 0 saturated heterocycles. The Morgan fingerprint density at radius 2 is 1.65 bits per heavy atom. The van der Waals surface area contributed by atoms with Crippen molar-refractivity contribution in [1.29, 1.82) is 0 Å². The van der Waals surface area contributed by atoms with Crippen LogP contribution in [0.25, 0.3) is 10.2 Å². The van der Waals surface area contributed by atoms with E-state index >= 15 is 0 Å². The van der Waals surface area contributed by atoms with Gasteiger partial charge in [-0.3, -0.25) is 10.1 Å². The van der Waals surface area contributed by atoms with E-state index in [4.69, 9.17) is 4.74 Å². The number of ether oxygens (including phenoxy) is 1. The van der Waals surface area contributed by atoms with Crippen molar-refractivity contribution in [3.05, 3.63) is 58.1 Å². The lowest BCUT2D eigenvalue weighted by Crippen LogP contribution is -2.20. The molecule has 0 fully saturated rings. The number of amides is 1. The zero-order chi connectivity index (χ0) is 18.8. The normalized spacial score (nSPS) is 10.8. The first kappa shape index (κ1) is 18.1. The number of aromatic nitrogens is 1. The number of hydrogen-bond donors (Lipinski definition) is 1. The van der Waals surface area contributed by atoms with Crippen molar-refractivity contribution in [2.24, 2.45) is 0 Å². The van der Waals surface area contributed by atoms with Crippen LogP contribution in [0.15, 0.2) is 30.3 Å². The summed E-state index contributed by atoms with van der Waals surface area (Å²) in [6.07, 6.45) is 0. The van der Waals surface area contributed by atoms with Gasteiger partial charge in [0.05, 0.1) is 15.8 Å². The molecule has 3 rings (SSSR count). The van der Waals surface area contributed by atoms with Crippen LogP contribution in [0.4, 0.5) is 5.13 Å². The van der Waals surface area contributed by atoms with E-state index in [1.54, 1.807) is 12.1 Å². The summed E-state index contributed by atoms with van der Waals surface area (Å²) in [6.45, 7) is 7.49. The molecule has 1 aromatic heterocycles. The van der Waals surface area contributed by atoms with Gasteiger partial charge in [0.1, 0.15) is 0 Å². The molecule has 3 aromatic rings. The summed E-state index contributed by atoms with van der Waals surface area (Å²) in [6, 6.07) is 9.55. The molecule has 0 aliphatic rings. The second-order valence-electron chi connectivity index (χ2n) is 6.45. The smallest absolute Gasteiger partial charge is 0.338 e. The number of aryl methyl sites for hydroxylation is 4. The summed E-state index contributed by atoms with van der Waals surface area (Å²) in [5.74, 6) is -0.918. The monoisotopic (exact) mass is 368 g/mol. The molecular weight excluding hydrogens is 348 g/mol. The summed E-state index contributed by atoms with van der Waals surface area (Å²) in [4.78, 5) is 28.7. The van der Waals surface area contributed by atoms with Gasteiger partial charge in [-0.1, -0.05) is 34.6 Å². The molecule has 1 amide bonds. The lowest BCUT2D eigenvalue weighted by Gasteiger charge is -2.06. The summed E-state index contributed by atoms with van der Waals surface area (Å²) in [5, 5.41) is 3.20. The van der Waals surface area contributed by atoms with E-state index in [1.807, 2.05) is 39.8 Å². The number of nitrogens with one attached hydrogen (secondary N) is 1. The lowest BCUT2D eigenvalue weighted by molar-refractivity contribution is -0.119. The summed E-state index contributed by atoms with van der Waals surface area (Å²) in [5.41, 5.74) is 5.49. The highest BCUT2D eigenvalue weighted by Crippen LogP contribution is 2.29. The van der Waals surface area contributed by atoms with E-state index in [1.165, 1.54) is 11.3 Å². The number of hydrogen-bond acceptors (Lipinski definition) is 5. The molecule has 0 radical (unpaired) electrons. The molecule has 0 spiro atoms. The van der Waals surface area contributed by atoms with Gasteiger partial charge in [0.15, 0.2) is 11.7 Å². The number of rotatable bonds is 4. The number of anilines is 1. The van der Waals surface area contributed by atoms with Crippen LogP contribution in [0.1, 0.15) is 32.6 Å². The van der Waals surface area contributed by atoms with Gasteiger partial charge in [-0.05, 0) is 57.0 Å². The van der Waals surface area contributed by atoms with Crippen molar-refractivity contribution in [3.8, 4) is 0 Å². The Kier molecular flexibility index (Phi) is 5.04. The Bertz CT molecular complexity index is 987. The number of fused-ring (bicyclic) bond motifs is 1. The predicted octanol–water partition coefficient (Wildman–Crippen LogP) is 4.33. The molecule has 1 N–H and O–H groups in total. The minimum Gasteiger partial charge on any atom is -0.452 e. The van der Waals surface area contributed by atoms with Gasteiger partial charge in [-0.25, -0.2) is 9.78 Å². The van der Waals surface area contributed by atoms with Crippen LogP contribution in [0.5, 0.6) is 0 Å². The molecule has 0 aliphatic carbocycles. The van der Waals surface area contributed by atoms with E-state index < -0.39 is 11.9 Å². The van der Waals surface area contributed by atoms with Gasteiger partial charge in [-0.15, -0.1) is 0 Å². The summed E-state index contributed by atoms with van der Waals surface area (Å²) >= 11 is 1.40. The highest BCUT2D eigenvalue weighted by Gasteiger charge is 2.13. The van der Waals surface area contributed by atoms with E-state index in [-0.39, 0.29) is 6.61 Å². The fraction of sp³-hybridized carbons (Fsp3) is 0.250. The lowest BCUT2D eigenvalue weighted by atomic mass is 10.1. The molecule has 0 unspecified atom stereocenters. The molecule has 5 nitrogen and oxygen atoms in total. The average molecular weight is 368 g/mol. The molecule has 6 heteroatoms. The topological polar surface area (TPSA) is 68.3 Å². The van der Waals surface area contributed by atoms with Crippen molar-refractivity contribution < 1.29 is 14.3 Å². The molecule has 0 atom stereocenters. The highest BCUT2D eigenvalue weighted by atomic mass is 32.1. The van der Waals surface area contributed by atoms with Gasteiger partial charge in [0.2, 0.25) is 0 Å². The zero-order valence-corrected chi connectivity index (χ0v) is 16.0. The summed E-state index contributed by atoms with van der Waals surface area (Å²) in [7, 11) is 0. The fourth-order valence-corrected chi connectivity index (χ4v) is 3.94. The molecule has 1 heterocycles. The standard InChI is InChI=1S/C20H20N2O3S/c1-11-5-12(2)8-15(7-11)19(24)25-10-17(23)21-20-22-18-14(4)6-13(3)9-16(18)26-20/h5-9H,10H2,1-4H3,(H,21,22,23). The minimum absolute atomic E-state index is 0.347. The van der Waals surface area contributed by atoms with Gasteiger partial charge < -0.3 is 4.74 Å². The molecule has 0 saturated carbocycles.